The lowest BCUT2D eigenvalue weighted by atomic mass is 10.1. The molecule has 2 heterocycles. The minimum atomic E-state index is 0.477. The summed E-state index contributed by atoms with van der Waals surface area (Å²) in [5.74, 6) is 0.755. The predicted molar refractivity (Wildman–Crippen MR) is 81.0 cm³/mol. The Bertz CT molecular complexity index is 849. The Hall–Kier alpha value is -2.39. The molecule has 20 heavy (non-hydrogen) atoms. The van der Waals surface area contributed by atoms with Crippen molar-refractivity contribution < 1.29 is 0 Å². The standard InChI is InChI=1S/C16H10ClN3/c17-15-14(10-6-2-1-3-7-11(10)18-15)16-19-12-8-4-5-9-13(12)20-16/h1-9H,(H,19,20). The van der Waals surface area contributed by atoms with E-state index in [0.29, 0.717) is 5.15 Å². The number of aromatic nitrogens is 3. The van der Waals surface area contributed by atoms with Crippen molar-refractivity contribution in [1.29, 1.82) is 0 Å². The molecule has 0 atom stereocenters. The number of fused-ring (bicyclic) bond motifs is 2. The minimum Gasteiger partial charge on any atom is -0.338 e. The lowest BCUT2D eigenvalue weighted by Gasteiger charge is -1.96. The zero-order valence-corrected chi connectivity index (χ0v) is 11.2. The Morgan fingerprint density at radius 2 is 1.65 bits per heavy atom. The van der Waals surface area contributed by atoms with Gasteiger partial charge in [-0.3, -0.25) is 0 Å². The van der Waals surface area contributed by atoms with Crippen LogP contribution in [0.4, 0.5) is 0 Å². The molecule has 1 N–H and O–H groups in total. The maximum atomic E-state index is 6.30. The summed E-state index contributed by atoms with van der Waals surface area (Å²) in [6.07, 6.45) is 0. The Morgan fingerprint density at radius 3 is 2.55 bits per heavy atom. The number of nitrogens with zero attached hydrogens (tertiary/aromatic N) is 2. The summed E-state index contributed by atoms with van der Waals surface area (Å²) in [6.45, 7) is 0. The second-order valence-electron chi connectivity index (χ2n) is 4.59. The first-order chi connectivity index (χ1) is 9.83. The number of H-pyrrole nitrogens is 1. The SMILES string of the molecule is Clc1nc2cccccc-2c1-c1nc2ccccc2[nH]1. The van der Waals surface area contributed by atoms with E-state index in [1.165, 1.54) is 0 Å². The van der Waals surface area contributed by atoms with Gasteiger partial charge in [0.05, 0.1) is 22.3 Å². The molecule has 0 saturated carbocycles. The average molecular weight is 280 g/mol. The second-order valence-corrected chi connectivity index (χ2v) is 4.95. The number of nitrogens with one attached hydrogen (secondary N) is 1. The van der Waals surface area contributed by atoms with Gasteiger partial charge in [0, 0.05) is 5.56 Å². The van der Waals surface area contributed by atoms with Gasteiger partial charge in [0.25, 0.3) is 0 Å². The number of hydrogen-bond acceptors (Lipinski definition) is 2. The molecule has 1 aliphatic heterocycles. The first-order valence-corrected chi connectivity index (χ1v) is 6.70. The molecule has 0 saturated heterocycles. The quantitative estimate of drug-likeness (QED) is 0.562. The molecule has 0 spiro atoms. The molecule has 1 aromatic carbocycles. The van der Waals surface area contributed by atoms with Crippen LogP contribution in [0.1, 0.15) is 0 Å². The number of halogens is 1. The Kier molecular flexibility index (Phi) is 2.47. The molecule has 0 bridgehead atoms. The highest BCUT2D eigenvalue weighted by Gasteiger charge is 2.19. The van der Waals surface area contributed by atoms with E-state index in [1.807, 2.05) is 54.6 Å². The number of imidazole rings is 1. The number of hydrogen-bond donors (Lipinski definition) is 1. The van der Waals surface area contributed by atoms with Crippen LogP contribution < -0.4 is 0 Å². The summed E-state index contributed by atoms with van der Waals surface area (Å²) in [5, 5.41) is 0.477. The zero-order chi connectivity index (χ0) is 13.5. The summed E-state index contributed by atoms with van der Waals surface area (Å²) in [6, 6.07) is 17.8. The van der Waals surface area contributed by atoms with Crippen molar-refractivity contribution in [3.63, 3.8) is 0 Å². The summed E-state index contributed by atoms with van der Waals surface area (Å²) < 4.78 is 0. The number of benzene rings is 1. The minimum absolute atomic E-state index is 0.477. The molecular weight excluding hydrogens is 270 g/mol. The van der Waals surface area contributed by atoms with Crippen LogP contribution in [0.25, 0.3) is 33.7 Å². The molecule has 2 aromatic rings. The molecule has 0 radical (unpaired) electrons. The molecular formula is C16H10ClN3. The third-order valence-electron chi connectivity index (χ3n) is 3.34. The lowest BCUT2D eigenvalue weighted by Crippen LogP contribution is -1.80. The highest BCUT2D eigenvalue weighted by Crippen LogP contribution is 2.38. The van der Waals surface area contributed by atoms with Crippen molar-refractivity contribution in [2.45, 2.75) is 0 Å². The van der Waals surface area contributed by atoms with Gasteiger partial charge in [-0.15, -0.1) is 0 Å². The van der Waals surface area contributed by atoms with Crippen LogP contribution in [-0.2, 0) is 0 Å². The van der Waals surface area contributed by atoms with Crippen molar-refractivity contribution >= 4 is 22.6 Å². The lowest BCUT2D eigenvalue weighted by molar-refractivity contribution is 1.34. The van der Waals surface area contributed by atoms with Crippen LogP contribution in [0, 0.1) is 0 Å². The Labute approximate surface area is 120 Å². The van der Waals surface area contributed by atoms with Gasteiger partial charge < -0.3 is 4.98 Å². The van der Waals surface area contributed by atoms with Crippen molar-refractivity contribution in [2.24, 2.45) is 0 Å². The number of aromatic amines is 1. The number of rotatable bonds is 1. The fraction of sp³-hybridized carbons (Fsp3) is 0. The fourth-order valence-corrected chi connectivity index (χ4v) is 2.70. The van der Waals surface area contributed by atoms with E-state index >= 15 is 0 Å². The van der Waals surface area contributed by atoms with Crippen molar-refractivity contribution in [3.05, 3.63) is 59.8 Å². The van der Waals surface area contributed by atoms with Crippen molar-refractivity contribution in [1.82, 2.24) is 15.0 Å². The smallest absolute Gasteiger partial charge is 0.142 e. The second kappa shape index (κ2) is 4.32. The predicted octanol–water partition coefficient (Wildman–Crippen LogP) is 4.38. The van der Waals surface area contributed by atoms with Crippen LogP contribution in [0.5, 0.6) is 0 Å². The summed E-state index contributed by atoms with van der Waals surface area (Å²) >= 11 is 6.30. The van der Waals surface area contributed by atoms with Crippen molar-refractivity contribution in [2.75, 3.05) is 0 Å². The van der Waals surface area contributed by atoms with Crippen LogP contribution >= 0.6 is 11.6 Å². The van der Waals surface area contributed by atoms with Gasteiger partial charge in [-0.2, -0.15) is 0 Å². The highest BCUT2D eigenvalue weighted by molar-refractivity contribution is 6.33. The topological polar surface area (TPSA) is 41.6 Å². The van der Waals surface area contributed by atoms with Gasteiger partial charge in [0.1, 0.15) is 11.0 Å². The van der Waals surface area contributed by atoms with E-state index in [4.69, 9.17) is 11.6 Å². The maximum Gasteiger partial charge on any atom is 0.142 e. The van der Waals surface area contributed by atoms with Crippen LogP contribution in [0.2, 0.25) is 5.15 Å². The van der Waals surface area contributed by atoms with Crippen LogP contribution in [0.15, 0.2) is 54.6 Å². The van der Waals surface area contributed by atoms with Gasteiger partial charge in [0.2, 0.25) is 0 Å². The van der Waals surface area contributed by atoms with E-state index < -0.39 is 0 Å². The zero-order valence-electron chi connectivity index (χ0n) is 10.5. The summed E-state index contributed by atoms with van der Waals surface area (Å²) in [5.41, 5.74) is 4.64. The van der Waals surface area contributed by atoms with E-state index in [-0.39, 0.29) is 0 Å². The molecule has 2 aliphatic rings. The molecule has 0 unspecified atom stereocenters. The van der Waals surface area contributed by atoms with E-state index in [2.05, 4.69) is 15.0 Å². The van der Waals surface area contributed by atoms with E-state index in [9.17, 15) is 0 Å². The molecule has 4 heteroatoms. The number of para-hydroxylation sites is 2. The van der Waals surface area contributed by atoms with E-state index in [0.717, 1.165) is 33.7 Å². The monoisotopic (exact) mass is 279 g/mol. The van der Waals surface area contributed by atoms with Gasteiger partial charge in [-0.1, -0.05) is 48.0 Å². The molecule has 0 amide bonds. The third kappa shape index (κ3) is 1.67. The highest BCUT2D eigenvalue weighted by atomic mass is 35.5. The van der Waals surface area contributed by atoms with Crippen LogP contribution in [0.3, 0.4) is 0 Å². The maximum absolute atomic E-state index is 6.30. The Morgan fingerprint density at radius 1 is 0.850 bits per heavy atom. The molecule has 1 aromatic heterocycles. The molecule has 96 valence electrons. The molecule has 3 nitrogen and oxygen atoms in total. The summed E-state index contributed by atoms with van der Waals surface area (Å²) in [7, 11) is 0. The third-order valence-corrected chi connectivity index (χ3v) is 3.61. The van der Waals surface area contributed by atoms with Crippen LogP contribution in [-0.4, -0.2) is 15.0 Å². The van der Waals surface area contributed by atoms with Gasteiger partial charge >= 0.3 is 0 Å². The van der Waals surface area contributed by atoms with Crippen molar-refractivity contribution in [3.8, 4) is 22.6 Å². The normalized spacial score (nSPS) is 11.2. The Balaban J connectivity index is 2.01. The van der Waals surface area contributed by atoms with Gasteiger partial charge in [-0.05, 0) is 18.2 Å². The first-order valence-electron chi connectivity index (χ1n) is 6.32. The average Bonchev–Trinajstić information content (AvgIpc) is 2.92. The summed E-state index contributed by atoms with van der Waals surface area (Å²) in [4.78, 5) is 12.3. The van der Waals surface area contributed by atoms with E-state index in [1.54, 1.807) is 0 Å². The fourth-order valence-electron chi connectivity index (χ4n) is 2.42. The van der Waals surface area contributed by atoms with Gasteiger partial charge in [-0.25, -0.2) is 9.97 Å². The largest absolute Gasteiger partial charge is 0.338 e. The molecule has 0 fully saturated rings. The molecule has 1 aliphatic carbocycles. The van der Waals surface area contributed by atoms with Gasteiger partial charge in [0.15, 0.2) is 0 Å². The molecule has 4 rings (SSSR count). The first kappa shape index (κ1) is 11.4.